The van der Waals surface area contributed by atoms with Gasteiger partial charge >= 0.3 is 0 Å². The molecule has 0 aromatic heterocycles. The van der Waals surface area contributed by atoms with Crippen molar-refractivity contribution in [2.24, 2.45) is 0 Å². The standard InChI is InChI=1S/C16H17FN2O2S/c17-16-5-2-12(3-6-16)11-22(20,21)19-8-13-1-4-14-9-18-10-15(14)7-13/h1-7,18-19H,8-11H2. The summed E-state index contributed by atoms with van der Waals surface area (Å²) < 4.78 is 39.6. The Hall–Kier alpha value is -1.76. The van der Waals surface area contributed by atoms with Gasteiger partial charge in [0.05, 0.1) is 5.75 Å². The molecular formula is C16H17FN2O2S. The van der Waals surface area contributed by atoms with Gasteiger partial charge in [-0.2, -0.15) is 0 Å². The SMILES string of the molecule is O=S(=O)(Cc1ccc(F)cc1)NCc1ccc2c(c1)CNC2. The van der Waals surface area contributed by atoms with Crippen LogP contribution >= 0.6 is 0 Å². The third-order valence-electron chi connectivity index (χ3n) is 3.67. The van der Waals surface area contributed by atoms with Crippen LogP contribution < -0.4 is 10.0 Å². The van der Waals surface area contributed by atoms with Crippen molar-refractivity contribution in [1.82, 2.24) is 10.0 Å². The predicted octanol–water partition coefficient (Wildman–Crippen LogP) is 2.05. The first-order valence-corrected chi connectivity index (χ1v) is 8.70. The second-order valence-electron chi connectivity index (χ2n) is 5.41. The maximum Gasteiger partial charge on any atom is 0.216 e. The second-order valence-corrected chi connectivity index (χ2v) is 7.22. The molecule has 116 valence electrons. The summed E-state index contributed by atoms with van der Waals surface area (Å²) in [5, 5.41) is 3.26. The third-order valence-corrected chi connectivity index (χ3v) is 4.97. The Kier molecular flexibility index (Phi) is 4.24. The van der Waals surface area contributed by atoms with Gasteiger partial charge in [0.1, 0.15) is 5.82 Å². The van der Waals surface area contributed by atoms with E-state index in [9.17, 15) is 12.8 Å². The average molecular weight is 320 g/mol. The molecule has 2 aromatic rings. The molecule has 1 aliphatic rings. The van der Waals surface area contributed by atoms with Gasteiger partial charge in [-0.15, -0.1) is 0 Å². The summed E-state index contributed by atoms with van der Waals surface area (Å²) in [6.07, 6.45) is 0. The summed E-state index contributed by atoms with van der Waals surface area (Å²) in [4.78, 5) is 0. The topological polar surface area (TPSA) is 58.2 Å². The minimum Gasteiger partial charge on any atom is -0.309 e. The predicted molar refractivity (Wildman–Crippen MR) is 82.8 cm³/mol. The van der Waals surface area contributed by atoms with Gasteiger partial charge in [-0.05, 0) is 34.4 Å². The van der Waals surface area contributed by atoms with E-state index in [0.717, 1.165) is 18.7 Å². The van der Waals surface area contributed by atoms with Crippen molar-refractivity contribution < 1.29 is 12.8 Å². The highest BCUT2D eigenvalue weighted by Crippen LogP contribution is 2.17. The molecule has 0 atom stereocenters. The van der Waals surface area contributed by atoms with Gasteiger partial charge in [-0.3, -0.25) is 0 Å². The molecule has 0 saturated carbocycles. The fraction of sp³-hybridized carbons (Fsp3) is 0.250. The monoisotopic (exact) mass is 320 g/mol. The first-order chi connectivity index (χ1) is 10.5. The van der Waals surface area contributed by atoms with E-state index in [2.05, 4.69) is 10.0 Å². The Morgan fingerprint density at radius 3 is 2.45 bits per heavy atom. The maximum atomic E-state index is 12.8. The molecule has 0 spiro atoms. The molecule has 4 nitrogen and oxygen atoms in total. The lowest BCUT2D eigenvalue weighted by molar-refractivity contribution is 0.580. The van der Waals surface area contributed by atoms with Crippen LogP contribution in [-0.2, 0) is 35.4 Å². The van der Waals surface area contributed by atoms with Crippen molar-refractivity contribution >= 4 is 10.0 Å². The summed E-state index contributed by atoms with van der Waals surface area (Å²) in [7, 11) is -3.45. The van der Waals surface area contributed by atoms with E-state index in [1.54, 1.807) is 0 Å². The molecular weight excluding hydrogens is 303 g/mol. The van der Waals surface area contributed by atoms with Crippen LogP contribution in [0.2, 0.25) is 0 Å². The van der Waals surface area contributed by atoms with E-state index >= 15 is 0 Å². The summed E-state index contributed by atoms with van der Waals surface area (Å²) in [5.41, 5.74) is 3.98. The van der Waals surface area contributed by atoms with Crippen LogP contribution in [0.5, 0.6) is 0 Å². The lowest BCUT2D eigenvalue weighted by Crippen LogP contribution is -2.24. The van der Waals surface area contributed by atoms with Gasteiger partial charge in [-0.25, -0.2) is 17.5 Å². The Bertz CT molecular complexity index is 773. The molecule has 0 radical (unpaired) electrons. The highest BCUT2D eigenvalue weighted by Gasteiger charge is 2.13. The fourth-order valence-electron chi connectivity index (χ4n) is 2.50. The minimum absolute atomic E-state index is 0.153. The lowest BCUT2D eigenvalue weighted by Gasteiger charge is -2.08. The third kappa shape index (κ3) is 3.71. The first kappa shape index (κ1) is 15.1. The highest BCUT2D eigenvalue weighted by molar-refractivity contribution is 7.88. The number of rotatable bonds is 5. The van der Waals surface area contributed by atoms with Crippen LogP contribution in [0.4, 0.5) is 4.39 Å². The van der Waals surface area contributed by atoms with Gasteiger partial charge in [-0.1, -0.05) is 30.3 Å². The molecule has 22 heavy (non-hydrogen) atoms. The van der Waals surface area contributed by atoms with Crippen LogP contribution in [0, 0.1) is 5.82 Å². The molecule has 0 aliphatic carbocycles. The second kappa shape index (κ2) is 6.16. The number of hydrogen-bond acceptors (Lipinski definition) is 3. The van der Waals surface area contributed by atoms with E-state index in [1.165, 1.54) is 35.4 Å². The molecule has 1 heterocycles. The summed E-state index contributed by atoms with van der Waals surface area (Å²) in [6.45, 7) is 1.95. The molecule has 0 bridgehead atoms. The van der Waals surface area contributed by atoms with Crippen molar-refractivity contribution in [3.63, 3.8) is 0 Å². The van der Waals surface area contributed by atoms with Crippen LogP contribution in [0.3, 0.4) is 0 Å². The molecule has 2 N–H and O–H groups in total. The molecule has 2 aromatic carbocycles. The van der Waals surface area contributed by atoms with E-state index in [-0.39, 0.29) is 18.1 Å². The number of sulfonamides is 1. The Balaban J connectivity index is 1.63. The van der Waals surface area contributed by atoms with Gasteiger partial charge in [0.15, 0.2) is 0 Å². The Labute approximate surface area is 129 Å². The summed E-state index contributed by atoms with van der Waals surface area (Å²) in [6, 6.07) is 11.5. The molecule has 0 saturated heterocycles. The van der Waals surface area contributed by atoms with E-state index in [0.29, 0.717) is 5.56 Å². The van der Waals surface area contributed by atoms with Crippen LogP contribution in [-0.4, -0.2) is 8.42 Å². The smallest absolute Gasteiger partial charge is 0.216 e. The van der Waals surface area contributed by atoms with Crippen molar-refractivity contribution in [3.8, 4) is 0 Å². The number of hydrogen-bond donors (Lipinski definition) is 2. The van der Waals surface area contributed by atoms with Crippen LogP contribution in [0.1, 0.15) is 22.3 Å². The largest absolute Gasteiger partial charge is 0.309 e. The number of nitrogens with one attached hydrogen (secondary N) is 2. The first-order valence-electron chi connectivity index (χ1n) is 7.05. The van der Waals surface area contributed by atoms with Crippen LogP contribution in [0.25, 0.3) is 0 Å². The Morgan fingerprint density at radius 1 is 1.00 bits per heavy atom. The van der Waals surface area contributed by atoms with E-state index in [4.69, 9.17) is 0 Å². The molecule has 1 aliphatic heterocycles. The zero-order valence-corrected chi connectivity index (χ0v) is 12.8. The highest BCUT2D eigenvalue weighted by atomic mass is 32.2. The van der Waals surface area contributed by atoms with Crippen LogP contribution in [0.15, 0.2) is 42.5 Å². The summed E-state index contributed by atoms with van der Waals surface area (Å²) in [5.74, 6) is -0.527. The minimum atomic E-state index is -3.45. The van der Waals surface area contributed by atoms with Gasteiger partial charge < -0.3 is 5.32 Å². The number of halogens is 1. The van der Waals surface area contributed by atoms with E-state index in [1.807, 2.05) is 18.2 Å². The van der Waals surface area contributed by atoms with Gasteiger partial charge in [0.25, 0.3) is 0 Å². The Morgan fingerprint density at radius 2 is 1.68 bits per heavy atom. The molecule has 0 amide bonds. The normalized spacial score (nSPS) is 14.0. The van der Waals surface area contributed by atoms with Gasteiger partial charge in [0, 0.05) is 19.6 Å². The molecule has 0 fully saturated rings. The number of fused-ring (bicyclic) bond motifs is 1. The molecule has 6 heteroatoms. The zero-order chi connectivity index (χ0) is 15.6. The van der Waals surface area contributed by atoms with Crippen molar-refractivity contribution in [3.05, 3.63) is 70.5 Å². The fourth-order valence-corrected chi connectivity index (χ4v) is 3.62. The van der Waals surface area contributed by atoms with E-state index < -0.39 is 10.0 Å². The molecule has 3 rings (SSSR count). The number of benzene rings is 2. The van der Waals surface area contributed by atoms with Crippen molar-refractivity contribution in [1.29, 1.82) is 0 Å². The zero-order valence-electron chi connectivity index (χ0n) is 12.0. The maximum absolute atomic E-state index is 12.8. The quantitative estimate of drug-likeness (QED) is 0.886. The van der Waals surface area contributed by atoms with Crippen molar-refractivity contribution in [2.75, 3.05) is 0 Å². The summed E-state index contributed by atoms with van der Waals surface area (Å²) >= 11 is 0. The van der Waals surface area contributed by atoms with Crippen molar-refractivity contribution in [2.45, 2.75) is 25.4 Å². The van der Waals surface area contributed by atoms with Gasteiger partial charge in [0.2, 0.25) is 10.0 Å². The lowest BCUT2D eigenvalue weighted by atomic mass is 10.1. The average Bonchev–Trinajstić information content (AvgIpc) is 2.95. The molecule has 0 unspecified atom stereocenters.